The Morgan fingerprint density at radius 3 is 2.76 bits per heavy atom. The molecule has 4 aliphatic heterocycles. The van der Waals surface area contributed by atoms with Crippen molar-refractivity contribution in [2.45, 2.75) is 62.5 Å². The minimum Gasteiger partial charge on any atom is -0.492 e. The Morgan fingerprint density at radius 2 is 2.00 bits per heavy atom. The van der Waals surface area contributed by atoms with Gasteiger partial charge in [0.05, 0.1) is 30.3 Å². The monoisotopic (exact) mass is 561 g/mol. The summed E-state index contributed by atoms with van der Waals surface area (Å²) in [6.45, 7) is 6.87. The zero-order chi connectivity index (χ0) is 29.1. The number of nitrogens with zero attached hydrogens (tertiary/aromatic N) is 2. The second-order valence-electron chi connectivity index (χ2n) is 11.8. The molecule has 13 nitrogen and oxygen atoms in total. The number of aliphatic hydroxyl groups excluding tert-OH is 1. The second kappa shape index (κ2) is 9.61. The molecule has 3 fully saturated rings. The van der Waals surface area contributed by atoms with E-state index >= 15 is 0 Å². The van der Waals surface area contributed by atoms with Gasteiger partial charge in [-0.1, -0.05) is 32.0 Å². The average molecular weight is 562 g/mol. The summed E-state index contributed by atoms with van der Waals surface area (Å²) >= 11 is 0. The summed E-state index contributed by atoms with van der Waals surface area (Å²) < 4.78 is 5.93. The number of guanidine groups is 2. The fourth-order valence-electron chi connectivity index (χ4n) is 6.39. The molecule has 1 aromatic carbocycles. The van der Waals surface area contributed by atoms with Crippen LogP contribution < -0.4 is 31.3 Å². The van der Waals surface area contributed by atoms with E-state index in [-0.39, 0.29) is 47.9 Å². The maximum absolute atomic E-state index is 13.5. The normalized spacial score (nSPS) is 29.1. The van der Waals surface area contributed by atoms with Crippen LogP contribution in [0.5, 0.6) is 5.75 Å². The lowest BCUT2D eigenvalue weighted by Crippen LogP contribution is -2.78. The zero-order valence-electron chi connectivity index (χ0n) is 23.2. The molecule has 13 heteroatoms. The summed E-state index contributed by atoms with van der Waals surface area (Å²) in [6.07, 6.45) is 1.26. The molecule has 0 bridgehead atoms. The van der Waals surface area contributed by atoms with Gasteiger partial charge in [0.15, 0.2) is 17.6 Å². The van der Waals surface area contributed by atoms with E-state index in [0.29, 0.717) is 17.9 Å². The molecule has 0 aliphatic carbocycles. The number of para-hydroxylation sites is 1. The standard InChI is InChI=1S/C28H35N9O4/c1-14-7-8-17(31-11-14)24(40)32-12-18-21-28(36-25(29)35-21)22(38)19(13-37(28)26(30)34-18)33-23(39)15-5-4-6-16-20(15)41-10-9-27(16,2)3/h4-8,11,18-19,21-22,38H,9-10,12-13H2,1-3H3,(H2,30,34)(H,32,40)(H,33,39)(H3,29,35,36)/t18-,19?,21-,22+,28?/m0/s1. The van der Waals surface area contributed by atoms with Crippen LogP contribution in [0.3, 0.4) is 0 Å². The first kappa shape index (κ1) is 26.8. The van der Waals surface area contributed by atoms with E-state index in [4.69, 9.17) is 15.6 Å². The van der Waals surface area contributed by atoms with Gasteiger partial charge in [0.2, 0.25) is 0 Å². The highest BCUT2D eigenvalue weighted by atomic mass is 16.5. The molecule has 4 aliphatic rings. The summed E-state index contributed by atoms with van der Waals surface area (Å²) in [6, 6.07) is 7.03. The molecule has 2 amide bonds. The first-order valence-electron chi connectivity index (χ1n) is 13.7. The molecule has 41 heavy (non-hydrogen) atoms. The van der Waals surface area contributed by atoms with Crippen LogP contribution in [0.1, 0.15) is 52.2 Å². The zero-order valence-corrected chi connectivity index (χ0v) is 23.2. The van der Waals surface area contributed by atoms with Crippen LogP contribution in [0.2, 0.25) is 0 Å². The summed E-state index contributed by atoms with van der Waals surface area (Å²) in [5.41, 5.74) is 1.14. The SMILES string of the molecule is Cc1ccc(C(=O)NC[C@@H]2NC(=N)N3CC(NC(=O)c4cccc5c4OCCC5(C)C)[C@@H](O)C34NC(=N)N[C@@H]24)nc1. The number of hydrogen-bond acceptors (Lipinski definition) is 7. The number of hydrogen-bond donors (Lipinski definition) is 8. The van der Waals surface area contributed by atoms with Gasteiger partial charge in [-0.15, -0.1) is 0 Å². The second-order valence-corrected chi connectivity index (χ2v) is 11.8. The first-order chi connectivity index (χ1) is 19.5. The van der Waals surface area contributed by atoms with Crippen molar-refractivity contribution >= 4 is 23.7 Å². The smallest absolute Gasteiger partial charge is 0.269 e. The highest BCUT2D eigenvalue weighted by Gasteiger charge is 2.66. The molecule has 2 unspecified atom stereocenters. The number of carbonyl (C=O) groups is 2. The highest BCUT2D eigenvalue weighted by molar-refractivity contribution is 5.98. The van der Waals surface area contributed by atoms with Crippen LogP contribution in [0, 0.1) is 17.7 Å². The number of pyridine rings is 1. The number of aryl methyl sites for hydroxylation is 1. The molecule has 0 radical (unpaired) electrons. The molecule has 5 heterocycles. The quantitative estimate of drug-likeness (QED) is 0.244. The third kappa shape index (κ3) is 4.31. The summed E-state index contributed by atoms with van der Waals surface area (Å²) in [5, 5.41) is 43.8. The van der Waals surface area contributed by atoms with Gasteiger partial charge in [0.25, 0.3) is 11.8 Å². The van der Waals surface area contributed by atoms with Crippen molar-refractivity contribution in [2.75, 3.05) is 19.7 Å². The van der Waals surface area contributed by atoms with Crippen LogP contribution in [-0.2, 0) is 5.41 Å². The molecule has 3 saturated heterocycles. The van der Waals surface area contributed by atoms with Gasteiger partial charge in [-0.3, -0.25) is 25.4 Å². The summed E-state index contributed by atoms with van der Waals surface area (Å²) in [7, 11) is 0. The van der Waals surface area contributed by atoms with Gasteiger partial charge in [-0.05, 0) is 36.5 Å². The maximum atomic E-state index is 13.5. The van der Waals surface area contributed by atoms with Crippen LogP contribution in [0.25, 0.3) is 0 Å². The molecule has 8 N–H and O–H groups in total. The number of aliphatic hydroxyl groups is 1. The number of ether oxygens (including phenoxy) is 1. The topological polar surface area (TPSA) is 188 Å². The number of amides is 2. The van der Waals surface area contributed by atoms with E-state index in [2.05, 4.69) is 45.4 Å². The van der Waals surface area contributed by atoms with Crippen molar-refractivity contribution in [3.05, 3.63) is 58.9 Å². The van der Waals surface area contributed by atoms with Crippen LogP contribution in [0.15, 0.2) is 36.5 Å². The number of nitrogens with one attached hydrogen (secondary N) is 7. The van der Waals surface area contributed by atoms with Gasteiger partial charge < -0.3 is 41.3 Å². The largest absolute Gasteiger partial charge is 0.492 e. The van der Waals surface area contributed by atoms with Crippen molar-refractivity contribution in [3.63, 3.8) is 0 Å². The van der Waals surface area contributed by atoms with Crippen LogP contribution >= 0.6 is 0 Å². The summed E-state index contributed by atoms with van der Waals surface area (Å²) in [4.78, 5) is 32.1. The Morgan fingerprint density at radius 1 is 1.20 bits per heavy atom. The Hall–Kier alpha value is -4.39. The average Bonchev–Trinajstić information content (AvgIpc) is 3.43. The third-order valence-corrected chi connectivity index (χ3v) is 8.66. The van der Waals surface area contributed by atoms with Gasteiger partial charge in [0.1, 0.15) is 17.5 Å². The van der Waals surface area contributed by atoms with E-state index in [1.54, 1.807) is 29.3 Å². The van der Waals surface area contributed by atoms with Crippen molar-refractivity contribution < 1.29 is 19.4 Å². The first-order valence-corrected chi connectivity index (χ1v) is 13.7. The molecular weight excluding hydrogens is 526 g/mol. The highest BCUT2D eigenvalue weighted by Crippen LogP contribution is 2.41. The Balaban J connectivity index is 1.22. The number of rotatable bonds is 5. The van der Waals surface area contributed by atoms with E-state index in [1.165, 1.54) is 0 Å². The third-order valence-electron chi connectivity index (χ3n) is 8.66. The lowest BCUT2D eigenvalue weighted by atomic mass is 9.79. The molecule has 2 aromatic rings. The van der Waals surface area contributed by atoms with Gasteiger partial charge in [-0.2, -0.15) is 0 Å². The van der Waals surface area contributed by atoms with Crippen molar-refractivity contribution in [1.29, 1.82) is 10.8 Å². The Kier molecular flexibility index (Phi) is 6.29. The maximum Gasteiger partial charge on any atom is 0.269 e. The van der Waals surface area contributed by atoms with Crippen molar-refractivity contribution in [3.8, 4) is 5.75 Å². The lowest BCUT2D eigenvalue weighted by molar-refractivity contribution is 0.00611. The van der Waals surface area contributed by atoms with E-state index in [0.717, 1.165) is 17.5 Å². The fourth-order valence-corrected chi connectivity index (χ4v) is 6.39. The van der Waals surface area contributed by atoms with E-state index < -0.39 is 29.9 Å². The molecule has 0 saturated carbocycles. The molecule has 216 valence electrons. The predicted molar refractivity (Wildman–Crippen MR) is 150 cm³/mol. The predicted octanol–water partition coefficient (Wildman–Crippen LogP) is -0.246. The number of aromatic nitrogens is 1. The minimum absolute atomic E-state index is 0.0101. The molecule has 1 spiro atoms. The van der Waals surface area contributed by atoms with E-state index in [1.807, 2.05) is 19.1 Å². The van der Waals surface area contributed by atoms with Crippen molar-refractivity contribution in [2.24, 2.45) is 0 Å². The number of fused-ring (bicyclic) bond motifs is 1. The van der Waals surface area contributed by atoms with Crippen LogP contribution in [-0.4, -0.2) is 88.3 Å². The lowest BCUT2D eigenvalue weighted by Gasteiger charge is -2.49. The number of benzene rings is 1. The van der Waals surface area contributed by atoms with Gasteiger partial charge >= 0.3 is 0 Å². The Labute approximate surface area is 237 Å². The molecule has 1 aromatic heterocycles. The van der Waals surface area contributed by atoms with Crippen molar-refractivity contribution in [1.82, 2.24) is 36.5 Å². The summed E-state index contributed by atoms with van der Waals surface area (Å²) in [5.74, 6) is -0.211. The molecular formula is C28H35N9O4. The van der Waals surface area contributed by atoms with Crippen LogP contribution in [0.4, 0.5) is 0 Å². The Bertz CT molecular complexity index is 1430. The van der Waals surface area contributed by atoms with Gasteiger partial charge in [-0.25, -0.2) is 0 Å². The van der Waals surface area contributed by atoms with E-state index in [9.17, 15) is 14.7 Å². The molecule has 6 rings (SSSR count). The fraction of sp³-hybridized carbons (Fsp3) is 0.464. The minimum atomic E-state index is -1.29. The van der Waals surface area contributed by atoms with Gasteiger partial charge in [0, 0.05) is 24.8 Å². The molecule has 5 atom stereocenters. The number of carbonyl (C=O) groups excluding carboxylic acids is 2.